The number of aromatic nitrogens is 2. The van der Waals surface area contributed by atoms with Gasteiger partial charge in [-0.05, 0) is 54.7 Å². The van der Waals surface area contributed by atoms with Crippen LogP contribution in [0.15, 0.2) is 72.7 Å². The molecular weight excluding hydrogens is 388 g/mol. The third kappa shape index (κ3) is 5.48. The van der Waals surface area contributed by atoms with Crippen molar-refractivity contribution < 1.29 is 9.53 Å². The van der Waals surface area contributed by atoms with Crippen LogP contribution >= 0.6 is 0 Å². The lowest BCUT2D eigenvalue weighted by atomic mass is 9.91. The quantitative estimate of drug-likeness (QED) is 0.609. The number of aryl methyl sites for hydroxylation is 1. The number of carbonyl (C=O) groups is 1. The number of carbonyl (C=O) groups excluding carboxylic acids is 1. The molecule has 1 aliphatic heterocycles. The molecule has 1 aliphatic rings. The third-order valence-corrected chi connectivity index (χ3v) is 5.31. The van der Waals surface area contributed by atoms with Gasteiger partial charge in [-0.3, -0.25) is 4.98 Å². The fourth-order valence-corrected chi connectivity index (χ4v) is 3.60. The van der Waals surface area contributed by atoms with Crippen molar-refractivity contribution in [2.24, 2.45) is 5.92 Å². The number of likely N-dealkylation sites (tertiary alicyclic amines) is 1. The van der Waals surface area contributed by atoms with E-state index in [9.17, 15) is 4.79 Å². The third-order valence-electron chi connectivity index (χ3n) is 5.31. The first-order valence-corrected chi connectivity index (χ1v) is 10.4. The molecule has 1 saturated heterocycles. The van der Waals surface area contributed by atoms with E-state index in [4.69, 9.17) is 4.74 Å². The summed E-state index contributed by atoms with van der Waals surface area (Å²) in [5.41, 5.74) is 4.22. The van der Waals surface area contributed by atoms with Gasteiger partial charge in [-0.2, -0.15) is 0 Å². The predicted octanol–water partition coefficient (Wildman–Crippen LogP) is 5.53. The van der Waals surface area contributed by atoms with Gasteiger partial charge in [0.1, 0.15) is 5.75 Å². The first-order valence-electron chi connectivity index (χ1n) is 10.4. The molecule has 2 aromatic heterocycles. The zero-order valence-corrected chi connectivity index (χ0v) is 17.8. The molecule has 0 spiro atoms. The number of urea groups is 1. The van der Waals surface area contributed by atoms with Crippen LogP contribution in [0.25, 0.3) is 6.08 Å². The summed E-state index contributed by atoms with van der Waals surface area (Å²) < 4.78 is 5.89. The maximum absolute atomic E-state index is 12.6. The van der Waals surface area contributed by atoms with E-state index in [2.05, 4.69) is 34.4 Å². The molecule has 0 aliphatic carbocycles. The number of nitrogens with one attached hydrogen (secondary N) is 1. The van der Waals surface area contributed by atoms with E-state index in [0.29, 0.717) is 24.7 Å². The Bertz CT molecular complexity index is 1060. The topological polar surface area (TPSA) is 67.3 Å². The molecule has 3 aromatic rings. The van der Waals surface area contributed by atoms with Crippen molar-refractivity contribution in [3.05, 3.63) is 83.8 Å². The molecule has 4 rings (SSSR count). The van der Waals surface area contributed by atoms with E-state index in [0.717, 1.165) is 23.3 Å². The molecule has 1 aromatic carbocycles. The Hall–Kier alpha value is -3.67. The number of amides is 2. The van der Waals surface area contributed by atoms with Gasteiger partial charge in [0.15, 0.2) is 0 Å². The average Bonchev–Trinajstić information content (AvgIpc) is 2.78. The molecule has 1 unspecified atom stereocenters. The monoisotopic (exact) mass is 414 g/mol. The lowest BCUT2D eigenvalue weighted by molar-refractivity contribution is 0.198. The van der Waals surface area contributed by atoms with Gasteiger partial charge in [0, 0.05) is 31.5 Å². The van der Waals surface area contributed by atoms with Crippen molar-refractivity contribution in [1.29, 1.82) is 0 Å². The Morgan fingerprint density at radius 2 is 2.10 bits per heavy atom. The van der Waals surface area contributed by atoms with Gasteiger partial charge in [-0.1, -0.05) is 36.8 Å². The van der Waals surface area contributed by atoms with Crippen molar-refractivity contribution in [2.75, 3.05) is 18.4 Å². The van der Waals surface area contributed by atoms with Gasteiger partial charge < -0.3 is 15.0 Å². The Labute approximate surface area is 182 Å². The standard InChI is InChI=1S/C25H26N4O2/c1-18-8-9-24(27-15-18)31-23-7-3-5-20(14-23)13-21-10-12-29(17-19(21)2)25(30)28-22-6-4-11-26-16-22/h3-9,11,13-16,19H,10,12,17H2,1-2H3,(H,28,30)/b21-13+. The minimum absolute atomic E-state index is 0.0834. The Balaban J connectivity index is 1.39. The number of pyridine rings is 2. The number of anilines is 1. The molecule has 0 saturated carbocycles. The number of benzene rings is 1. The van der Waals surface area contributed by atoms with E-state index in [-0.39, 0.29) is 11.9 Å². The van der Waals surface area contributed by atoms with Crippen LogP contribution in [0.4, 0.5) is 10.5 Å². The summed E-state index contributed by atoms with van der Waals surface area (Å²) >= 11 is 0. The second kappa shape index (κ2) is 9.43. The first-order chi connectivity index (χ1) is 15.1. The van der Waals surface area contributed by atoms with Crippen LogP contribution in [-0.4, -0.2) is 34.0 Å². The van der Waals surface area contributed by atoms with Gasteiger partial charge in [-0.25, -0.2) is 9.78 Å². The van der Waals surface area contributed by atoms with Crippen LogP contribution in [0.2, 0.25) is 0 Å². The number of piperidine rings is 1. The minimum atomic E-state index is -0.0834. The van der Waals surface area contributed by atoms with Crippen molar-refractivity contribution in [3.63, 3.8) is 0 Å². The highest BCUT2D eigenvalue weighted by molar-refractivity contribution is 5.89. The SMILES string of the molecule is Cc1ccc(Oc2cccc(/C=C3\CCN(C(=O)Nc4cccnc4)CC3C)c2)nc1. The predicted molar refractivity (Wildman–Crippen MR) is 122 cm³/mol. The fraction of sp³-hybridized carbons (Fsp3) is 0.240. The first kappa shape index (κ1) is 20.6. The summed E-state index contributed by atoms with van der Waals surface area (Å²) in [6.07, 6.45) is 8.18. The van der Waals surface area contributed by atoms with Crippen molar-refractivity contribution >= 4 is 17.8 Å². The average molecular weight is 415 g/mol. The molecular formula is C25H26N4O2. The number of hydrogen-bond acceptors (Lipinski definition) is 4. The van der Waals surface area contributed by atoms with Crippen LogP contribution in [0, 0.1) is 12.8 Å². The molecule has 6 nitrogen and oxygen atoms in total. The van der Waals surface area contributed by atoms with E-state index in [1.165, 1.54) is 5.57 Å². The van der Waals surface area contributed by atoms with Gasteiger partial charge in [0.25, 0.3) is 0 Å². The maximum atomic E-state index is 12.6. The summed E-state index contributed by atoms with van der Waals surface area (Å²) in [5.74, 6) is 1.61. The Morgan fingerprint density at radius 3 is 2.84 bits per heavy atom. The molecule has 31 heavy (non-hydrogen) atoms. The lowest BCUT2D eigenvalue weighted by Gasteiger charge is -2.33. The summed E-state index contributed by atoms with van der Waals surface area (Å²) in [7, 11) is 0. The van der Waals surface area contributed by atoms with E-state index in [1.54, 1.807) is 18.6 Å². The molecule has 0 bridgehead atoms. The molecule has 3 heterocycles. The second-order valence-electron chi connectivity index (χ2n) is 7.84. The second-order valence-corrected chi connectivity index (χ2v) is 7.84. The van der Waals surface area contributed by atoms with Gasteiger partial charge in [-0.15, -0.1) is 0 Å². The molecule has 158 valence electrons. The van der Waals surface area contributed by atoms with E-state index < -0.39 is 0 Å². The highest BCUT2D eigenvalue weighted by Crippen LogP contribution is 2.27. The van der Waals surface area contributed by atoms with Crippen molar-refractivity contribution in [2.45, 2.75) is 20.3 Å². The van der Waals surface area contributed by atoms with Gasteiger partial charge in [0.05, 0.1) is 11.9 Å². The normalized spacial score (nSPS) is 17.4. The molecule has 1 atom stereocenters. The van der Waals surface area contributed by atoms with Gasteiger partial charge >= 0.3 is 6.03 Å². The highest BCUT2D eigenvalue weighted by Gasteiger charge is 2.24. The fourth-order valence-electron chi connectivity index (χ4n) is 3.60. The van der Waals surface area contributed by atoms with E-state index in [1.807, 2.05) is 54.3 Å². The molecule has 1 fully saturated rings. The largest absolute Gasteiger partial charge is 0.439 e. The van der Waals surface area contributed by atoms with Crippen LogP contribution in [0.1, 0.15) is 24.5 Å². The smallest absolute Gasteiger partial charge is 0.321 e. The molecule has 0 radical (unpaired) electrons. The summed E-state index contributed by atoms with van der Waals surface area (Å²) in [5, 5.41) is 2.91. The summed E-state index contributed by atoms with van der Waals surface area (Å²) in [4.78, 5) is 22.8. The zero-order chi connectivity index (χ0) is 21.6. The summed E-state index contributed by atoms with van der Waals surface area (Å²) in [6.45, 7) is 5.53. The van der Waals surface area contributed by atoms with Gasteiger partial charge in [0.2, 0.25) is 5.88 Å². The number of nitrogens with zero attached hydrogens (tertiary/aromatic N) is 3. The van der Waals surface area contributed by atoms with Crippen LogP contribution < -0.4 is 10.1 Å². The van der Waals surface area contributed by atoms with Crippen LogP contribution in [-0.2, 0) is 0 Å². The van der Waals surface area contributed by atoms with E-state index >= 15 is 0 Å². The highest BCUT2D eigenvalue weighted by atomic mass is 16.5. The molecule has 1 N–H and O–H groups in total. The molecule has 2 amide bonds. The minimum Gasteiger partial charge on any atom is -0.439 e. The number of ether oxygens (including phenoxy) is 1. The number of hydrogen-bond donors (Lipinski definition) is 1. The molecule has 6 heteroatoms. The Morgan fingerprint density at radius 1 is 1.19 bits per heavy atom. The Kier molecular flexibility index (Phi) is 6.26. The van der Waals surface area contributed by atoms with Crippen molar-refractivity contribution in [1.82, 2.24) is 14.9 Å². The summed E-state index contributed by atoms with van der Waals surface area (Å²) in [6, 6.07) is 15.4. The van der Waals surface area contributed by atoms with Crippen LogP contribution in [0.3, 0.4) is 0 Å². The van der Waals surface area contributed by atoms with Crippen LogP contribution in [0.5, 0.6) is 11.6 Å². The zero-order valence-electron chi connectivity index (χ0n) is 17.8. The number of rotatable bonds is 4. The van der Waals surface area contributed by atoms with Crippen molar-refractivity contribution in [3.8, 4) is 11.6 Å². The lowest BCUT2D eigenvalue weighted by Crippen LogP contribution is -2.42. The maximum Gasteiger partial charge on any atom is 0.321 e.